The number of rotatable bonds is 7. The van der Waals surface area contributed by atoms with Gasteiger partial charge in [0.2, 0.25) is 0 Å². The van der Waals surface area contributed by atoms with E-state index in [2.05, 4.69) is 30.3 Å². The quantitative estimate of drug-likeness (QED) is 0.402. The monoisotopic (exact) mass is 469 g/mol. The van der Waals surface area contributed by atoms with E-state index < -0.39 is 12.0 Å². The highest BCUT2D eigenvalue weighted by molar-refractivity contribution is 5.95. The van der Waals surface area contributed by atoms with Gasteiger partial charge in [0.1, 0.15) is 28.6 Å². The lowest BCUT2D eigenvalue weighted by atomic mass is 10.0. The van der Waals surface area contributed by atoms with Gasteiger partial charge < -0.3 is 14.8 Å². The molecule has 4 rings (SSSR count). The van der Waals surface area contributed by atoms with Gasteiger partial charge in [0.05, 0.1) is 13.3 Å². The number of aromatic nitrogens is 3. The van der Waals surface area contributed by atoms with Gasteiger partial charge in [0, 0.05) is 5.39 Å². The minimum Gasteiger partial charge on any atom is -0.494 e. The first-order valence-corrected chi connectivity index (χ1v) is 11.3. The Kier molecular flexibility index (Phi) is 6.69. The molecule has 178 valence electrons. The highest BCUT2D eigenvalue weighted by Crippen LogP contribution is 2.30. The number of hydrogen-bond donors (Lipinski definition) is 1. The number of amides is 1. The number of benzene rings is 2. The molecular weight excluding hydrogens is 442 g/mol. The van der Waals surface area contributed by atoms with Crippen molar-refractivity contribution < 1.29 is 14.3 Å². The van der Waals surface area contributed by atoms with Gasteiger partial charge in [0.15, 0.2) is 17.7 Å². The van der Waals surface area contributed by atoms with Crippen LogP contribution in [0.4, 0.5) is 5.82 Å². The Hall–Kier alpha value is -4.38. The Balaban J connectivity index is 1.67. The van der Waals surface area contributed by atoms with Crippen LogP contribution in [0.3, 0.4) is 0 Å². The molecule has 1 unspecified atom stereocenters. The fourth-order valence-corrected chi connectivity index (χ4v) is 3.90. The van der Waals surface area contributed by atoms with Gasteiger partial charge in [-0.15, -0.1) is 0 Å². The zero-order chi connectivity index (χ0) is 25.1. The molecule has 1 amide bonds. The van der Waals surface area contributed by atoms with Crippen molar-refractivity contribution in [2.75, 3.05) is 12.4 Å². The molecule has 0 bridgehead atoms. The molecule has 0 spiro atoms. The molecule has 0 radical (unpaired) electrons. The number of nitrogens with one attached hydrogen (secondary N) is 1. The third-order valence-electron chi connectivity index (χ3n) is 5.78. The average molecular weight is 470 g/mol. The number of pyridine rings is 1. The maximum atomic E-state index is 13.1. The van der Waals surface area contributed by atoms with Gasteiger partial charge in [-0.1, -0.05) is 44.2 Å². The summed E-state index contributed by atoms with van der Waals surface area (Å²) in [6.07, 6.45) is 0.592. The predicted molar refractivity (Wildman–Crippen MR) is 134 cm³/mol. The van der Waals surface area contributed by atoms with Crippen LogP contribution >= 0.6 is 0 Å². The number of methoxy groups -OCH3 is 1. The highest BCUT2D eigenvalue weighted by Gasteiger charge is 2.22. The van der Waals surface area contributed by atoms with E-state index in [4.69, 9.17) is 14.5 Å². The predicted octanol–water partition coefficient (Wildman–Crippen LogP) is 5.14. The maximum Gasteiger partial charge on any atom is 0.266 e. The zero-order valence-corrected chi connectivity index (χ0v) is 20.4. The van der Waals surface area contributed by atoms with Crippen LogP contribution in [0.2, 0.25) is 0 Å². The summed E-state index contributed by atoms with van der Waals surface area (Å²) in [5.41, 5.74) is 2.85. The SMILES string of the molecule is COc1cccc2c(C)cc(-n3ncc(C#N)c3NC(=O)C(C)Oc3ccccc3C(C)C)nc12. The molecule has 8 heteroatoms. The van der Waals surface area contributed by atoms with Gasteiger partial charge >= 0.3 is 0 Å². The van der Waals surface area contributed by atoms with E-state index >= 15 is 0 Å². The highest BCUT2D eigenvalue weighted by atomic mass is 16.5. The van der Waals surface area contributed by atoms with Crippen molar-refractivity contribution in [3.8, 4) is 23.4 Å². The van der Waals surface area contributed by atoms with E-state index in [1.165, 1.54) is 10.9 Å². The van der Waals surface area contributed by atoms with Crippen molar-refractivity contribution in [2.45, 2.75) is 39.7 Å². The number of para-hydroxylation sites is 2. The number of fused-ring (bicyclic) bond motifs is 1. The van der Waals surface area contributed by atoms with Crippen LogP contribution in [0.1, 0.15) is 43.4 Å². The summed E-state index contributed by atoms with van der Waals surface area (Å²) in [6, 6.07) is 17.3. The van der Waals surface area contributed by atoms with Crippen LogP contribution in [0, 0.1) is 18.3 Å². The van der Waals surface area contributed by atoms with Gasteiger partial charge in [-0.3, -0.25) is 4.79 Å². The van der Waals surface area contributed by atoms with E-state index in [1.54, 1.807) is 14.0 Å². The largest absolute Gasteiger partial charge is 0.494 e. The Bertz CT molecular complexity index is 1430. The number of aryl methyl sites for hydroxylation is 1. The van der Waals surface area contributed by atoms with Crippen LogP contribution in [-0.4, -0.2) is 33.9 Å². The van der Waals surface area contributed by atoms with Gasteiger partial charge in [-0.05, 0) is 49.1 Å². The van der Waals surface area contributed by atoms with Gasteiger partial charge in [0.25, 0.3) is 5.91 Å². The number of carbonyl (C=O) groups is 1. The maximum absolute atomic E-state index is 13.1. The fraction of sp³-hybridized carbons (Fsp3) is 0.259. The van der Waals surface area contributed by atoms with Crippen LogP contribution in [0.25, 0.3) is 16.7 Å². The van der Waals surface area contributed by atoms with E-state index in [0.717, 1.165) is 16.5 Å². The molecule has 1 N–H and O–H groups in total. The van der Waals surface area contributed by atoms with Crippen LogP contribution in [0.15, 0.2) is 54.7 Å². The summed E-state index contributed by atoms with van der Waals surface area (Å²) in [5, 5.41) is 17.7. The van der Waals surface area contributed by atoms with E-state index in [-0.39, 0.29) is 17.3 Å². The third-order valence-corrected chi connectivity index (χ3v) is 5.78. The number of hydrogen-bond acceptors (Lipinski definition) is 6. The summed E-state index contributed by atoms with van der Waals surface area (Å²) >= 11 is 0. The van der Waals surface area contributed by atoms with Crippen molar-refractivity contribution in [1.82, 2.24) is 14.8 Å². The number of nitriles is 1. The van der Waals surface area contributed by atoms with E-state index in [0.29, 0.717) is 22.8 Å². The second-order valence-electron chi connectivity index (χ2n) is 8.53. The molecule has 4 aromatic rings. The molecule has 8 nitrogen and oxygen atoms in total. The molecule has 0 aliphatic carbocycles. The number of carbonyl (C=O) groups excluding carboxylic acids is 1. The second-order valence-corrected chi connectivity index (χ2v) is 8.53. The normalized spacial score (nSPS) is 11.8. The molecule has 2 heterocycles. The van der Waals surface area contributed by atoms with Gasteiger partial charge in [-0.2, -0.15) is 15.0 Å². The first-order valence-electron chi connectivity index (χ1n) is 11.3. The molecule has 0 saturated carbocycles. The standard InChI is InChI=1S/C27H27N5O3/c1-16(2)20-9-6-7-11-22(20)35-18(4)27(33)31-26-19(14-28)15-29-32(26)24-13-17(3)21-10-8-12-23(34-5)25(21)30-24/h6-13,15-16,18H,1-5H3,(H,31,33). The number of anilines is 1. The zero-order valence-electron chi connectivity index (χ0n) is 20.4. The minimum absolute atomic E-state index is 0.215. The molecule has 35 heavy (non-hydrogen) atoms. The molecule has 2 aromatic carbocycles. The lowest BCUT2D eigenvalue weighted by molar-refractivity contribution is -0.122. The second kappa shape index (κ2) is 9.85. The van der Waals surface area contributed by atoms with Crippen LogP contribution < -0.4 is 14.8 Å². The fourth-order valence-electron chi connectivity index (χ4n) is 3.90. The van der Waals surface area contributed by atoms with Crippen molar-refractivity contribution in [3.63, 3.8) is 0 Å². The van der Waals surface area contributed by atoms with E-state index in [9.17, 15) is 10.1 Å². The van der Waals surface area contributed by atoms with Crippen molar-refractivity contribution in [3.05, 3.63) is 71.4 Å². The molecular formula is C27H27N5O3. The van der Waals surface area contributed by atoms with Crippen molar-refractivity contribution >= 4 is 22.6 Å². The Labute approximate surface area is 204 Å². The lowest BCUT2D eigenvalue weighted by Gasteiger charge is -2.19. The Morgan fingerprint density at radius 3 is 2.57 bits per heavy atom. The first-order chi connectivity index (χ1) is 16.8. The molecule has 0 aliphatic rings. The lowest BCUT2D eigenvalue weighted by Crippen LogP contribution is -2.31. The summed E-state index contributed by atoms with van der Waals surface area (Å²) in [7, 11) is 1.59. The smallest absolute Gasteiger partial charge is 0.266 e. The molecule has 1 atom stereocenters. The number of nitrogens with zero attached hydrogens (tertiary/aromatic N) is 4. The summed E-state index contributed by atoms with van der Waals surface area (Å²) in [4.78, 5) is 17.8. The molecule has 0 fully saturated rings. The Morgan fingerprint density at radius 2 is 1.86 bits per heavy atom. The minimum atomic E-state index is -0.809. The van der Waals surface area contributed by atoms with Crippen LogP contribution in [-0.2, 0) is 4.79 Å². The third kappa shape index (κ3) is 4.66. The summed E-state index contributed by atoms with van der Waals surface area (Å²) in [5.74, 6) is 1.79. The average Bonchev–Trinajstić information content (AvgIpc) is 3.26. The number of ether oxygens (including phenoxy) is 2. The molecule has 0 aliphatic heterocycles. The molecule has 0 saturated heterocycles. The first kappa shape index (κ1) is 23.8. The van der Waals surface area contributed by atoms with Gasteiger partial charge in [-0.25, -0.2) is 4.98 Å². The van der Waals surface area contributed by atoms with Crippen LogP contribution in [0.5, 0.6) is 11.5 Å². The topological polar surface area (TPSA) is 102 Å². The Morgan fingerprint density at radius 1 is 1.11 bits per heavy atom. The van der Waals surface area contributed by atoms with Crippen molar-refractivity contribution in [1.29, 1.82) is 5.26 Å². The molecule has 2 aromatic heterocycles. The van der Waals surface area contributed by atoms with Crippen molar-refractivity contribution in [2.24, 2.45) is 0 Å². The summed E-state index contributed by atoms with van der Waals surface area (Å²) in [6.45, 7) is 7.76. The summed E-state index contributed by atoms with van der Waals surface area (Å²) < 4.78 is 12.9. The van der Waals surface area contributed by atoms with E-state index in [1.807, 2.05) is 55.5 Å².